The summed E-state index contributed by atoms with van der Waals surface area (Å²) in [4.78, 5) is 8.23. The van der Waals surface area contributed by atoms with Crippen LogP contribution in [0.2, 0.25) is 0 Å². The summed E-state index contributed by atoms with van der Waals surface area (Å²) in [7, 11) is 0. The van der Waals surface area contributed by atoms with Crippen LogP contribution in [0.15, 0.2) is 36.7 Å². The zero-order chi connectivity index (χ0) is 14.7. The molecule has 0 unspecified atom stereocenters. The van der Waals surface area contributed by atoms with E-state index in [1.165, 1.54) is 0 Å². The fourth-order valence-corrected chi connectivity index (χ4v) is 2.11. The van der Waals surface area contributed by atoms with Gasteiger partial charge in [-0.05, 0) is 30.7 Å². The van der Waals surface area contributed by atoms with Crippen LogP contribution in [-0.2, 0) is 6.54 Å². The fraction of sp³-hybridized carbons (Fsp3) is 0.214. The Morgan fingerprint density at radius 2 is 2.19 bits per heavy atom. The third-order valence-corrected chi connectivity index (χ3v) is 3.11. The predicted molar refractivity (Wildman–Crippen MR) is 81.2 cm³/mol. The number of hydrogen-bond acceptors (Lipinski definition) is 6. The van der Waals surface area contributed by atoms with Gasteiger partial charge in [0.1, 0.15) is 5.82 Å². The number of rotatable bonds is 5. The smallest absolute Gasteiger partial charge is 0.229 e. The first-order chi connectivity index (χ1) is 10.3. The number of nitrogens with two attached hydrogens (primary N) is 1. The van der Waals surface area contributed by atoms with Crippen LogP contribution >= 0.6 is 0 Å². The lowest BCUT2D eigenvalue weighted by Crippen LogP contribution is -2.02. The lowest BCUT2D eigenvalue weighted by Gasteiger charge is -2.07. The van der Waals surface area contributed by atoms with E-state index < -0.39 is 0 Å². The molecule has 2 heterocycles. The number of aliphatic hydroxyl groups is 1. The zero-order valence-corrected chi connectivity index (χ0v) is 11.4. The van der Waals surface area contributed by atoms with E-state index in [0.29, 0.717) is 24.7 Å². The lowest BCUT2D eigenvalue weighted by atomic mass is 10.2. The molecule has 0 aliphatic heterocycles. The molecule has 4 N–H and O–H groups in total. The number of nitrogen functional groups attached to an aromatic ring is 1. The molecule has 0 atom stereocenters. The molecule has 21 heavy (non-hydrogen) atoms. The van der Waals surface area contributed by atoms with Gasteiger partial charge in [-0.3, -0.25) is 4.68 Å². The van der Waals surface area contributed by atoms with Crippen molar-refractivity contribution in [2.45, 2.75) is 13.0 Å². The van der Waals surface area contributed by atoms with Crippen molar-refractivity contribution < 1.29 is 5.11 Å². The molecular weight excluding hydrogens is 268 g/mol. The second-order valence-electron chi connectivity index (χ2n) is 4.65. The Balaban J connectivity index is 1.89. The quantitative estimate of drug-likeness (QED) is 0.656. The third-order valence-electron chi connectivity index (χ3n) is 3.11. The number of hydrogen-bond donors (Lipinski definition) is 3. The molecule has 2 aromatic heterocycles. The maximum Gasteiger partial charge on any atom is 0.229 e. The molecule has 0 spiro atoms. The van der Waals surface area contributed by atoms with Crippen molar-refractivity contribution in [1.82, 2.24) is 19.7 Å². The van der Waals surface area contributed by atoms with Crippen LogP contribution in [0.1, 0.15) is 6.42 Å². The Labute approximate surface area is 121 Å². The minimum absolute atomic E-state index is 0.149. The number of aliphatic hydroxyl groups excluding tert-OH is 1. The first-order valence-corrected chi connectivity index (χ1v) is 6.68. The largest absolute Gasteiger partial charge is 0.396 e. The third kappa shape index (κ3) is 2.92. The number of anilines is 3. The summed E-state index contributed by atoms with van der Waals surface area (Å²) < 4.78 is 1.87. The highest BCUT2D eigenvalue weighted by Gasteiger charge is 2.05. The average molecular weight is 284 g/mol. The molecule has 0 amide bonds. The van der Waals surface area contributed by atoms with E-state index >= 15 is 0 Å². The molecule has 0 aliphatic rings. The van der Waals surface area contributed by atoms with Gasteiger partial charge in [-0.15, -0.1) is 0 Å². The standard InChI is InChI=1S/C14H16N6O/c15-13-4-5-16-14(19-13)18-11-3-2-10-9-17-20(6-1-7-21)12(10)8-11/h2-5,8-9,21H,1,6-7H2,(H3,15,16,18,19). The lowest BCUT2D eigenvalue weighted by molar-refractivity contribution is 0.278. The average Bonchev–Trinajstić information content (AvgIpc) is 2.87. The zero-order valence-electron chi connectivity index (χ0n) is 11.4. The van der Waals surface area contributed by atoms with Crippen molar-refractivity contribution in [3.63, 3.8) is 0 Å². The molecular formula is C14H16N6O. The molecule has 0 radical (unpaired) electrons. The highest BCUT2D eigenvalue weighted by molar-refractivity contribution is 5.83. The maximum absolute atomic E-state index is 8.93. The van der Waals surface area contributed by atoms with Crippen LogP contribution in [0.3, 0.4) is 0 Å². The summed E-state index contributed by atoms with van der Waals surface area (Å²) in [5, 5.41) is 17.4. The molecule has 0 fully saturated rings. The Morgan fingerprint density at radius 1 is 1.29 bits per heavy atom. The van der Waals surface area contributed by atoms with Crippen LogP contribution in [0.5, 0.6) is 0 Å². The van der Waals surface area contributed by atoms with Gasteiger partial charge in [0.05, 0.1) is 11.7 Å². The molecule has 0 aliphatic carbocycles. The van der Waals surface area contributed by atoms with E-state index in [-0.39, 0.29) is 6.61 Å². The minimum atomic E-state index is 0.149. The van der Waals surface area contributed by atoms with Crippen LogP contribution in [-0.4, -0.2) is 31.5 Å². The number of nitrogens with zero attached hydrogens (tertiary/aromatic N) is 4. The SMILES string of the molecule is Nc1ccnc(Nc2ccc3cnn(CCCO)c3c2)n1. The molecule has 0 saturated heterocycles. The molecule has 108 valence electrons. The van der Waals surface area contributed by atoms with Crippen LogP contribution < -0.4 is 11.1 Å². The Hall–Kier alpha value is -2.67. The predicted octanol–water partition coefficient (Wildman–Crippen LogP) is 1.53. The van der Waals surface area contributed by atoms with Gasteiger partial charge in [0, 0.05) is 30.4 Å². The second-order valence-corrected chi connectivity index (χ2v) is 4.65. The number of aryl methyl sites for hydroxylation is 1. The summed E-state index contributed by atoms with van der Waals surface area (Å²) in [5.41, 5.74) is 7.49. The van der Waals surface area contributed by atoms with Crippen LogP contribution in [0.4, 0.5) is 17.5 Å². The van der Waals surface area contributed by atoms with Gasteiger partial charge in [-0.25, -0.2) is 4.98 Å². The van der Waals surface area contributed by atoms with Crippen LogP contribution in [0, 0.1) is 0 Å². The van der Waals surface area contributed by atoms with Gasteiger partial charge < -0.3 is 16.2 Å². The van der Waals surface area contributed by atoms with Gasteiger partial charge in [0.25, 0.3) is 0 Å². The molecule has 0 saturated carbocycles. The first kappa shape index (κ1) is 13.3. The van der Waals surface area contributed by atoms with Gasteiger partial charge in [-0.2, -0.15) is 10.1 Å². The molecule has 3 rings (SSSR count). The van der Waals surface area contributed by atoms with Crippen molar-refractivity contribution in [2.75, 3.05) is 17.7 Å². The van der Waals surface area contributed by atoms with Crippen molar-refractivity contribution >= 4 is 28.4 Å². The Morgan fingerprint density at radius 3 is 3.00 bits per heavy atom. The maximum atomic E-state index is 8.93. The van der Waals surface area contributed by atoms with Crippen molar-refractivity contribution in [2.24, 2.45) is 0 Å². The second kappa shape index (κ2) is 5.76. The molecule has 0 bridgehead atoms. The topological polar surface area (TPSA) is 102 Å². The number of benzene rings is 1. The van der Waals surface area contributed by atoms with E-state index in [1.54, 1.807) is 12.3 Å². The summed E-state index contributed by atoms with van der Waals surface area (Å²) >= 11 is 0. The highest BCUT2D eigenvalue weighted by Crippen LogP contribution is 2.21. The molecule has 1 aromatic carbocycles. The first-order valence-electron chi connectivity index (χ1n) is 6.68. The summed E-state index contributed by atoms with van der Waals surface area (Å²) in [6.07, 6.45) is 4.09. The molecule has 3 aromatic rings. The number of aromatic nitrogens is 4. The van der Waals surface area contributed by atoms with Crippen molar-refractivity contribution in [3.05, 3.63) is 36.7 Å². The van der Waals surface area contributed by atoms with Crippen molar-refractivity contribution in [1.29, 1.82) is 0 Å². The summed E-state index contributed by atoms with van der Waals surface area (Å²) in [6, 6.07) is 7.53. The Bertz CT molecular complexity index is 754. The fourth-order valence-electron chi connectivity index (χ4n) is 2.11. The monoisotopic (exact) mass is 284 g/mol. The number of nitrogens with one attached hydrogen (secondary N) is 1. The highest BCUT2D eigenvalue weighted by atomic mass is 16.3. The van der Waals surface area contributed by atoms with Crippen LogP contribution in [0.25, 0.3) is 10.9 Å². The molecule has 7 nitrogen and oxygen atoms in total. The summed E-state index contributed by atoms with van der Waals surface area (Å²) in [6.45, 7) is 0.828. The normalized spacial score (nSPS) is 10.9. The number of fused-ring (bicyclic) bond motifs is 1. The van der Waals surface area contributed by atoms with Gasteiger partial charge in [0.15, 0.2) is 0 Å². The van der Waals surface area contributed by atoms with E-state index in [2.05, 4.69) is 20.4 Å². The van der Waals surface area contributed by atoms with Crippen molar-refractivity contribution in [3.8, 4) is 0 Å². The Kier molecular flexibility index (Phi) is 3.65. The van der Waals surface area contributed by atoms with E-state index in [4.69, 9.17) is 10.8 Å². The summed E-state index contributed by atoms with van der Waals surface area (Å²) in [5.74, 6) is 0.873. The van der Waals surface area contributed by atoms with E-state index in [1.807, 2.05) is 29.1 Å². The molecule has 7 heteroatoms. The van der Waals surface area contributed by atoms with E-state index in [9.17, 15) is 0 Å². The van der Waals surface area contributed by atoms with Gasteiger partial charge >= 0.3 is 0 Å². The van der Waals surface area contributed by atoms with Gasteiger partial charge in [-0.1, -0.05) is 0 Å². The minimum Gasteiger partial charge on any atom is -0.396 e. The van der Waals surface area contributed by atoms with E-state index in [0.717, 1.165) is 16.6 Å². The van der Waals surface area contributed by atoms with Gasteiger partial charge in [0.2, 0.25) is 5.95 Å².